The number of amides is 1. The Balaban J connectivity index is 1.21. The average Bonchev–Trinajstić information content (AvgIpc) is 3.28. The number of aromatic nitrogens is 4. The maximum atomic E-state index is 13.3. The summed E-state index contributed by atoms with van der Waals surface area (Å²) in [6.45, 7) is 1.12. The zero-order valence-corrected chi connectivity index (χ0v) is 20.8. The first-order valence-corrected chi connectivity index (χ1v) is 12.7. The van der Waals surface area contributed by atoms with Crippen LogP contribution in [0.3, 0.4) is 0 Å². The van der Waals surface area contributed by atoms with Gasteiger partial charge in [-0.3, -0.25) is 4.79 Å². The molecule has 2 unspecified atom stereocenters. The number of aryl methyl sites for hydroxylation is 1. The summed E-state index contributed by atoms with van der Waals surface area (Å²) in [5, 5.41) is 0. The number of alkyl halides is 1. The molecule has 0 radical (unpaired) electrons. The predicted molar refractivity (Wildman–Crippen MR) is 142 cm³/mol. The zero-order valence-electron chi connectivity index (χ0n) is 20.8. The summed E-state index contributed by atoms with van der Waals surface area (Å²) in [6.07, 6.45) is 6.09. The number of carbonyl (C=O) groups excluding carboxylic acids is 1. The summed E-state index contributed by atoms with van der Waals surface area (Å²) in [5.41, 5.74) is 16.7. The van der Waals surface area contributed by atoms with Gasteiger partial charge in [0.15, 0.2) is 0 Å². The Morgan fingerprint density at radius 2 is 1.84 bits per heavy atom. The molecule has 1 saturated heterocycles. The Kier molecular flexibility index (Phi) is 7.41. The van der Waals surface area contributed by atoms with Crippen LogP contribution in [-0.4, -0.2) is 56.1 Å². The van der Waals surface area contributed by atoms with Gasteiger partial charge in [0.1, 0.15) is 12.5 Å². The number of anilines is 1. The Labute approximate surface area is 215 Å². The van der Waals surface area contributed by atoms with Crippen molar-refractivity contribution in [1.29, 1.82) is 0 Å². The van der Waals surface area contributed by atoms with Gasteiger partial charge in [-0.1, -0.05) is 36.4 Å². The fraction of sp³-hybridized carbons (Fsp3) is 0.357. The van der Waals surface area contributed by atoms with Crippen LogP contribution in [0.15, 0.2) is 60.9 Å². The normalized spacial score (nSPS) is 16.7. The van der Waals surface area contributed by atoms with E-state index in [0.717, 1.165) is 46.4 Å². The molecular weight excluding hydrogens is 469 g/mol. The van der Waals surface area contributed by atoms with Crippen molar-refractivity contribution in [3.05, 3.63) is 72.3 Å². The molecule has 0 bridgehead atoms. The number of nitrogens with two attached hydrogens (primary N) is 2. The van der Waals surface area contributed by atoms with Gasteiger partial charge in [0.05, 0.1) is 17.6 Å². The van der Waals surface area contributed by atoms with E-state index in [-0.39, 0.29) is 36.8 Å². The van der Waals surface area contributed by atoms with Crippen LogP contribution >= 0.6 is 0 Å². The monoisotopic (exact) mass is 501 g/mol. The number of nitrogens with zero attached hydrogens (tertiary/aromatic N) is 5. The molecule has 2 aromatic heterocycles. The fourth-order valence-corrected chi connectivity index (χ4v) is 5.19. The molecule has 3 heterocycles. The topological polar surface area (TPSA) is 116 Å². The van der Waals surface area contributed by atoms with Crippen LogP contribution < -0.4 is 11.5 Å². The van der Waals surface area contributed by atoms with Crippen molar-refractivity contribution in [2.24, 2.45) is 5.73 Å². The lowest BCUT2D eigenvalue weighted by Gasteiger charge is -2.33. The standard InChI is InChI=1S/C28H32FN7O/c29-11-13-36-25-6-2-1-5-24(25)34-27(36)21-4-3-12-35(18-21)26(37)15-23(30)14-19-7-9-20(10-8-19)22-16-32-28(31)33-17-22/h1-2,5-10,16-17,21,23H,3-4,11-15,18,30H2,(H2,31,32,33). The number of benzene rings is 2. The Hall–Kier alpha value is -3.85. The second kappa shape index (κ2) is 11.0. The number of nitrogen functional groups attached to an aromatic ring is 1. The second-order valence-electron chi connectivity index (χ2n) is 9.67. The summed E-state index contributed by atoms with van der Waals surface area (Å²) in [7, 11) is 0. The molecule has 2 atom stereocenters. The summed E-state index contributed by atoms with van der Waals surface area (Å²) >= 11 is 0. The lowest BCUT2D eigenvalue weighted by molar-refractivity contribution is -0.132. The number of hydrogen-bond acceptors (Lipinski definition) is 6. The van der Waals surface area contributed by atoms with Crippen molar-refractivity contribution in [3.63, 3.8) is 0 Å². The number of fused-ring (bicyclic) bond motifs is 1. The van der Waals surface area contributed by atoms with E-state index in [1.165, 1.54) is 0 Å². The van der Waals surface area contributed by atoms with Gasteiger partial charge in [-0.05, 0) is 42.5 Å². The van der Waals surface area contributed by atoms with E-state index >= 15 is 0 Å². The number of likely N-dealkylation sites (tertiary alicyclic amines) is 1. The van der Waals surface area contributed by atoms with Crippen molar-refractivity contribution in [2.45, 2.75) is 44.2 Å². The highest BCUT2D eigenvalue weighted by Crippen LogP contribution is 2.30. The van der Waals surface area contributed by atoms with Gasteiger partial charge in [-0.2, -0.15) is 0 Å². The number of para-hydroxylation sites is 2. The van der Waals surface area contributed by atoms with Crippen molar-refractivity contribution in [1.82, 2.24) is 24.4 Å². The van der Waals surface area contributed by atoms with Crippen molar-refractivity contribution in [2.75, 3.05) is 25.5 Å². The van der Waals surface area contributed by atoms with Gasteiger partial charge in [-0.15, -0.1) is 0 Å². The fourth-order valence-electron chi connectivity index (χ4n) is 5.19. The van der Waals surface area contributed by atoms with Crippen LogP contribution in [0.2, 0.25) is 0 Å². The van der Waals surface area contributed by atoms with Crippen molar-refractivity contribution < 1.29 is 9.18 Å². The van der Waals surface area contributed by atoms with Crippen LogP contribution in [0.4, 0.5) is 10.3 Å². The molecule has 9 heteroatoms. The molecule has 5 rings (SSSR count). The van der Waals surface area contributed by atoms with Crippen LogP contribution in [0, 0.1) is 0 Å². The highest BCUT2D eigenvalue weighted by Gasteiger charge is 2.29. The van der Waals surface area contributed by atoms with E-state index in [2.05, 4.69) is 9.97 Å². The maximum absolute atomic E-state index is 13.3. The van der Waals surface area contributed by atoms with Crippen LogP contribution in [0.1, 0.15) is 36.6 Å². The number of halogens is 1. The third-order valence-electron chi connectivity index (χ3n) is 7.03. The van der Waals surface area contributed by atoms with E-state index in [4.69, 9.17) is 16.5 Å². The highest BCUT2D eigenvalue weighted by atomic mass is 19.1. The summed E-state index contributed by atoms with van der Waals surface area (Å²) in [5.74, 6) is 1.25. The van der Waals surface area contributed by atoms with Gasteiger partial charge in [0.25, 0.3) is 0 Å². The van der Waals surface area contributed by atoms with Gasteiger partial charge in [0.2, 0.25) is 11.9 Å². The first-order chi connectivity index (χ1) is 18.0. The molecule has 192 valence electrons. The molecule has 37 heavy (non-hydrogen) atoms. The average molecular weight is 502 g/mol. The Bertz CT molecular complexity index is 1350. The minimum Gasteiger partial charge on any atom is -0.368 e. The van der Waals surface area contributed by atoms with E-state index in [1.54, 1.807) is 12.4 Å². The summed E-state index contributed by atoms with van der Waals surface area (Å²) in [4.78, 5) is 27.9. The van der Waals surface area contributed by atoms with E-state index in [9.17, 15) is 9.18 Å². The summed E-state index contributed by atoms with van der Waals surface area (Å²) in [6, 6.07) is 15.6. The number of piperidine rings is 1. The minimum atomic E-state index is -0.452. The molecule has 0 spiro atoms. The third-order valence-corrected chi connectivity index (χ3v) is 7.03. The predicted octanol–water partition coefficient (Wildman–Crippen LogP) is 3.71. The van der Waals surface area contributed by atoms with Gasteiger partial charge in [-0.25, -0.2) is 19.3 Å². The smallest absolute Gasteiger partial charge is 0.224 e. The van der Waals surface area contributed by atoms with Crippen molar-refractivity contribution >= 4 is 22.9 Å². The molecule has 4 N–H and O–H groups in total. The molecule has 0 saturated carbocycles. The molecule has 8 nitrogen and oxygen atoms in total. The van der Waals surface area contributed by atoms with E-state index < -0.39 is 6.67 Å². The summed E-state index contributed by atoms with van der Waals surface area (Å²) < 4.78 is 15.3. The van der Waals surface area contributed by atoms with Crippen molar-refractivity contribution in [3.8, 4) is 11.1 Å². The molecular formula is C28H32FN7O. The van der Waals surface area contributed by atoms with Gasteiger partial charge >= 0.3 is 0 Å². The number of hydrogen-bond donors (Lipinski definition) is 2. The molecule has 1 amide bonds. The SMILES string of the molecule is Nc1ncc(-c2ccc(CC(N)CC(=O)N3CCCC(c4nc5ccccc5n4CCF)C3)cc2)cn1. The second-order valence-corrected chi connectivity index (χ2v) is 9.67. The molecule has 1 fully saturated rings. The Morgan fingerprint density at radius 1 is 1.08 bits per heavy atom. The first-order valence-electron chi connectivity index (χ1n) is 12.7. The number of carbonyl (C=O) groups is 1. The largest absolute Gasteiger partial charge is 0.368 e. The Morgan fingerprint density at radius 3 is 2.59 bits per heavy atom. The quantitative estimate of drug-likeness (QED) is 0.380. The molecule has 1 aliphatic rings. The first kappa shape index (κ1) is 24.8. The third kappa shape index (κ3) is 5.61. The van der Waals surface area contributed by atoms with Crippen LogP contribution in [-0.2, 0) is 17.8 Å². The molecule has 2 aromatic carbocycles. The lowest BCUT2D eigenvalue weighted by atomic mass is 9.95. The minimum absolute atomic E-state index is 0.0565. The highest BCUT2D eigenvalue weighted by molar-refractivity contribution is 5.78. The molecule has 1 aliphatic heterocycles. The van der Waals surface area contributed by atoms with Crippen LogP contribution in [0.5, 0.6) is 0 Å². The zero-order chi connectivity index (χ0) is 25.8. The number of imidazole rings is 1. The molecule has 0 aliphatic carbocycles. The maximum Gasteiger partial charge on any atom is 0.224 e. The van der Waals surface area contributed by atoms with E-state index in [0.29, 0.717) is 19.5 Å². The van der Waals surface area contributed by atoms with Gasteiger partial charge < -0.3 is 20.9 Å². The van der Waals surface area contributed by atoms with Gasteiger partial charge in [0, 0.05) is 49.4 Å². The molecule has 4 aromatic rings. The lowest BCUT2D eigenvalue weighted by Crippen LogP contribution is -2.42. The van der Waals surface area contributed by atoms with Crippen LogP contribution in [0.25, 0.3) is 22.2 Å². The van der Waals surface area contributed by atoms with E-state index in [1.807, 2.05) is 58.0 Å². The number of rotatable bonds is 8.